The Morgan fingerprint density at radius 1 is 0.419 bits per heavy atom. The van der Waals surface area contributed by atoms with Gasteiger partial charge in [-0.2, -0.15) is 0 Å². The summed E-state index contributed by atoms with van der Waals surface area (Å²) >= 11 is 0. The Kier molecular flexibility index (Phi) is 11.8. The first-order valence-corrected chi connectivity index (χ1v) is 25.4. The van der Waals surface area contributed by atoms with Gasteiger partial charge in [-0.25, -0.2) is 28.7 Å². The van der Waals surface area contributed by atoms with Gasteiger partial charge in [0, 0.05) is 88.9 Å². The zero-order valence-electron chi connectivity index (χ0n) is 48.4. The number of fused-ring (bicyclic) bond motifs is 9. The third-order valence-electron chi connectivity index (χ3n) is 14.6. The molecule has 0 aliphatic heterocycles. The lowest BCUT2D eigenvalue weighted by molar-refractivity contribution is -0.660. The van der Waals surface area contributed by atoms with E-state index in [9.17, 15) is 0 Å². The number of aromatic nitrogens is 6. The molecule has 0 aliphatic rings. The molecule has 3 aromatic carbocycles. The lowest BCUT2D eigenvalue weighted by Crippen LogP contribution is -2.31. The van der Waals surface area contributed by atoms with Gasteiger partial charge in [0.05, 0.1) is 16.7 Å². The van der Waals surface area contributed by atoms with Crippen LogP contribution >= 0.6 is 0 Å². The van der Waals surface area contributed by atoms with Crippen LogP contribution in [0.15, 0.2) is 123 Å². The van der Waals surface area contributed by atoms with E-state index in [4.69, 9.17) is 17.4 Å². The van der Waals surface area contributed by atoms with Crippen molar-refractivity contribution in [3.63, 3.8) is 0 Å². The van der Waals surface area contributed by atoms with E-state index in [0.29, 0.717) is 17.2 Å². The molecule has 9 aromatic heterocycles. The number of nitrogens with zero attached hydrogens (tertiary/aromatic N) is 6. The van der Waals surface area contributed by atoms with Gasteiger partial charge in [0.15, 0.2) is 35.3 Å². The van der Waals surface area contributed by atoms with Crippen LogP contribution in [-0.4, -0.2) is 15.0 Å². The van der Waals surface area contributed by atoms with Gasteiger partial charge in [0.1, 0.15) is 21.1 Å². The molecular formula is C65H67N6O3+3. The average Bonchev–Trinajstić information content (AvgIpc) is 4.10. The third-order valence-corrected chi connectivity index (χ3v) is 14.6. The number of furan rings is 3. The van der Waals surface area contributed by atoms with Gasteiger partial charge in [-0.05, 0) is 163 Å². The van der Waals surface area contributed by atoms with Crippen LogP contribution in [0.25, 0.3) is 100.0 Å². The summed E-state index contributed by atoms with van der Waals surface area (Å²) < 4.78 is 47.7. The standard InChI is InChI=1S/C23H25N2O.C22H23N2O.C20H19N2O/c1-13(2)17-9-10-25(6)19(12-17)21-15(4)11-14(3)20-18-8-7-16(5)24-23(18)26-22(20)21;1-12-10-18(24(6)11-15(12)4)20-14(3)9-13(2)19-17-8-7-16(5)23-22(17)25-21(19)20;1-12-5-10-17(22(4)11-12)18-13(2)6-8-15-16-9-7-14(3)21-20(16)23-19(15)18/h7-13H,1-6H3;7-11H,1-6H3;5-11H,1-4H3/q3*+1/i;;1D3. The van der Waals surface area contributed by atoms with Crippen LogP contribution in [0.2, 0.25) is 0 Å². The molecule has 12 aromatic rings. The Morgan fingerprint density at radius 2 is 0.905 bits per heavy atom. The van der Waals surface area contributed by atoms with E-state index < -0.39 is 6.85 Å². The quantitative estimate of drug-likeness (QED) is 0.163. The Morgan fingerprint density at radius 3 is 1.45 bits per heavy atom. The number of rotatable bonds is 4. The molecule has 0 aliphatic carbocycles. The van der Waals surface area contributed by atoms with Crippen molar-refractivity contribution >= 4 is 66.2 Å². The second-order valence-electron chi connectivity index (χ2n) is 20.7. The summed E-state index contributed by atoms with van der Waals surface area (Å²) in [5, 5.41) is 6.50. The summed E-state index contributed by atoms with van der Waals surface area (Å²) in [7, 11) is 6.04. The van der Waals surface area contributed by atoms with Crippen LogP contribution in [0.3, 0.4) is 0 Å². The molecule has 0 fully saturated rings. The Hall–Kier alpha value is -8.04. The smallest absolute Gasteiger partial charge is 0.227 e. The Labute approximate surface area is 438 Å². The zero-order valence-corrected chi connectivity index (χ0v) is 45.4. The van der Waals surface area contributed by atoms with Crippen LogP contribution in [0.4, 0.5) is 0 Å². The van der Waals surface area contributed by atoms with Crippen molar-refractivity contribution in [2.24, 2.45) is 21.1 Å². The molecule has 0 saturated heterocycles. The highest BCUT2D eigenvalue weighted by Gasteiger charge is 2.26. The van der Waals surface area contributed by atoms with Crippen LogP contribution in [0.5, 0.6) is 0 Å². The SMILES string of the molecule is Cc1ccc2c(n1)oc1c(-c3cc(C(C)C)cc[n+]3C)c(C)cc(C)c12.Cc1ccc2c(n1)oc1c(-c3cc(C)c(C)c[n+]3C)c(C)cc(C)c12.[2H]C([2H])([2H])c1ccc(-c2c(C)ccc3c2oc2nc(C)ccc23)[n+](C)c1. The number of aryl methyl sites for hydroxylation is 14. The molecule has 74 heavy (non-hydrogen) atoms. The van der Waals surface area contributed by atoms with Crippen molar-refractivity contribution < 1.29 is 31.1 Å². The van der Waals surface area contributed by atoms with Crippen LogP contribution < -0.4 is 13.7 Å². The largest absolute Gasteiger partial charge is 0.437 e. The summed E-state index contributed by atoms with van der Waals surface area (Å²) in [5.41, 5.74) is 24.2. The van der Waals surface area contributed by atoms with Crippen molar-refractivity contribution in [2.45, 2.75) is 95.9 Å². The molecule has 12 rings (SSSR count). The van der Waals surface area contributed by atoms with Gasteiger partial charge >= 0.3 is 0 Å². The van der Waals surface area contributed by atoms with E-state index in [0.717, 1.165) is 94.8 Å². The van der Waals surface area contributed by atoms with Crippen LogP contribution in [0.1, 0.15) is 91.0 Å². The van der Waals surface area contributed by atoms with E-state index in [1.165, 1.54) is 61.1 Å². The lowest BCUT2D eigenvalue weighted by atomic mass is 9.95. The zero-order chi connectivity index (χ0) is 55.1. The van der Waals surface area contributed by atoms with Gasteiger partial charge in [0.25, 0.3) is 0 Å². The molecule has 0 saturated carbocycles. The van der Waals surface area contributed by atoms with E-state index in [1.807, 2.05) is 69.6 Å². The summed E-state index contributed by atoms with van der Waals surface area (Å²) in [6, 6.07) is 31.2. The molecular weight excluding hydrogens is 913 g/mol. The average molecular weight is 983 g/mol. The van der Waals surface area contributed by atoms with Gasteiger partial charge in [0.2, 0.25) is 34.2 Å². The molecule has 0 amide bonds. The van der Waals surface area contributed by atoms with Crippen molar-refractivity contribution in [3.05, 3.63) is 177 Å². The molecule has 0 unspecified atom stereocenters. The summed E-state index contributed by atoms with van der Waals surface area (Å²) in [4.78, 5) is 13.7. The third kappa shape index (κ3) is 8.78. The minimum Gasteiger partial charge on any atom is -0.437 e. The molecule has 0 bridgehead atoms. The van der Waals surface area contributed by atoms with E-state index >= 15 is 0 Å². The van der Waals surface area contributed by atoms with Crippen LogP contribution in [0, 0.1) is 76.1 Å². The molecule has 9 nitrogen and oxygen atoms in total. The maximum Gasteiger partial charge on any atom is 0.227 e. The number of pyridine rings is 6. The van der Waals surface area contributed by atoms with Gasteiger partial charge < -0.3 is 13.3 Å². The van der Waals surface area contributed by atoms with Gasteiger partial charge in [-0.3, -0.25) is 0 Å². The normalized spacial score (nSPS) is 12.4. The predicted molar refractivity (Wildman–Crippen MR) is 301 cm³/mol. The monoisotopic (exact) mass is 983 g/mol. The summed E-state index contributed by atoms with van der Waals surface area (Å²) in [6.45, 7) is 23.2. The van der Waals surface area contributed by atoms with E-state index in [2.05, 4.69) is 161 Å². The fourth-order valence-electron chi connectivity index (χ4n) is 10.6. The van der Waals surface area contributed by atoms with Crippen molar-refractivity contribution in [1.82, 2.24) is 15.0 Å². The first-order chi connectivity index (χ1) is 36.5. The fourth-order valence-corrected chi connectivity index (χ4v) is 10.6. The first kappa shape index (κ1) is 45.8. The molecule has 9 heteroatoms. The number of hydrogen-bond donors (Lipinski definition) is 0. The Bertz CT molecular complexity index is 4350. The van der Waals surface area contributed by atoms with Crippen molar-refractivity contribution in [1.29, 1.82) is 0 Å². The summed E-state index contributed by atoms with van der Waals surface area (Å²) in [5.74, 6) is 0.483. The van der Waals surface area contributed by atoms with Crippen LogP contribution in [-0.2, 0) is 21.1 Å². The highest BCUT2D eigenvalue weighted by atomic mass is 16.3. The van der Waals surface area contributed by atoms with E-state index in [1.54, 1.807) is 12.3 Å². The number of hydrogen-bond acceptors (Lipinski definition) is 6. The minimum absolute atomic E-state index is 0.315. The first-order valence-electron chi connectivity index (χ1n) is 26.9. The molecule has 372 valence electrons. The second kappa shape index (κ2) is 19.1. The predicted octanol–water partition coefficient (Wildman–Crippen LogP) is 14.9. The van der Waals surface area contributed by atoms with Crippen molar-refractivity contribution in [2.75, 3.05) is 0 Å². The highest BCUT2D eigenvalue weighted by molar-refractivity contribution is 6.12. The molecule has 0 atom stereocenters. The second-order valence-corrected chi connectivity index (χ2v) is 20.7. The topological polar surface area (TPSA) is 89.7 Å². The summed E-state index contributed by atoms with van der Waals surface area (Å²) in [6.07, 6.45) is 5.98. The fraction of sp³-hybridized carbons (Fsp3) is 0.262. The minimum atomic E-state index is -2.13. The molecule has 9 heterocycles. The Balaban J connectivity index is 0.000000131. The molecule has 0 N–H and O–H groups in total. The number of benzene rings is 3. The maximum atomic E-state index is 7.60. The highest BCUT2D eigenvalue weighted by Crippen LogP contribution is 2.41. The van der Waals surface area contributed by atoms with Crippen molar-refractivity contribution in [3.8, 4) is 33.8 Å². The van der Waals surface area contributed by atoms with Gasteiger partial charge in [-0.1, -0.05) is 38.1 Å². The van der Waals surface area contributed by atoms with Gasteiger partial charge in [-0.15, -0.1) is 0 Å². The molecule has 0 spiro atoms. The maximum absolute atomic E-state index is 7.60. The van der Waals surface area contributed by atoms with E-state index in [-0.39, 0.29) is 0 Å². The lowest BCUT2D eigenvalue weighted by Gasteiger charge is -2.10. The molecule has 0 radical (unpaired) electrons.